The fourth-order valence-electron chi connectivity index (χ4n) is 1.81. The van der Waals surface area contributed by atoms with Crippen LogP contribution in [0, 0.1) is 5.82 Å². The molecule has 1 amide bonds. The molecule has 0 unspecified atom stereocenters. The summed E-state index contributed by atoms with van der Waals surface area (Å²) in [4.78, 5) is 11.6. The Bertz CT molecular complexity index is 633. The summed E-state index contributed by atoms with van der Waals surface area (Å²) in [6.07, 6.45) is 1.69. The second-order valence-corrected chi connectivity index (χ2v) is 4.65. The first kappa shape index (κ1) is 14.3. The van der Waals surface area contributed by atoms with Gasteiger partial charge in [-0.2, -0.15) is 12.6 Å². The van der Waals surface area contributed by atoms with E-state index in [9.17, 15) is 9.18 Å². The number of rotatable bonds is 4. The molecule has 0 fully saturated rings. The number of thiol groups is 1. The number of nitrogens with two attached hydrogens (primary N) is 1. The predicted octanol–water partition coefficient (Wildman–Crippen LogP) is 3.28. The van der Waals surface area contributed by atoms with Crippen LogP contribution in [0.2, 0.25) is 0 Å². The maximum atomic E-state index is 12.9. The van der Waals surface area contributed by atoms with E-state index in [2.05, 4.69) is 12.6 Å². The molecular weight excluding hydrogens is 273 g/mol. The summed E-state index contributed by atoms with van der Waals surface area (Å²) < 4.78 is 12.9. The van der Waals surface area contributed by atoms with Crippen LogP contribution in [0.5, 0.6) is 0 Å². The van der Waals surface area contributed by atoms with Crippen LogP contribution in [0.1, 0.15) is 16.7 Å². The number of hydrogen-bond donors (Lipinski definition) is 2. The van der Waals surface area contributed by atoms with Gasteiger partial charge >= 0.3 is 0 Å². The second-order valence-electron chi connectivity index (χ2n) is 4.33. The molecule has 0 spiro atoms. The van der Waals surface area contributed by atoms with Crippen LogP contribution in [-0.2, 0) is 10.5 Å². The number of carbonyl (C=O) groups is 1. The molecule has 2 nitrogen and oxygen atoms in total. The number of benzene rings is 2. The van der Waals surface area contributed by atoms with E-state index in [0.29, 0.717) is 16.9 Å². The monoisotopic (exact) mass is 287 g/mol. The van der Waals surface area contributed by atoms with Crippen LogP contribution in [0.25, 0.3) is 11.6 Å². The summed E-state index contributed by atoms with van der Waals surface area (Å²) in [5.74, 6) is -0.240. The topological polar surface area (TPSA) is 43.1 Å². The maximum absolute atomic E-state index is 12.9. The Morgan fingerprint density at radius 2 is 1.70 bits per heavy atom. The molecule has 20 heavy (non-hydrogen) atoms. The Kier molecular flexibility index (Phi) is 4.58. The lowest BCUT2D eigenvalue weighted by atomic mass is 10.0. The van der Waals surface area contributed by atoms with Crippen molar-refractivity contribution in [1.82, 2.24) is 0 Å². The van der Waals surface area contributed by atoms with Crippen LogP contribution in [0.15, 0.2) is 48.5 Å². The molecule has 4 heteroatoms. The third-order valence-corrected chi connectivity index (χ3v) is 3.26. The Morgan fingerprint density at radius 1 is 1.10 bits per heavy atom. The van der Waals surface area contributed by atoms with Crippen molar-refractivity contribution in [2.24, 2.45) is 5.73 Å². The summed E-state index contributed by atoms with van der Waals surface area (Å²) in [5, 5.41) is 0. The highest BCUT2D eigenvalue weighted by molar-refractivity contribution is 7.79. The number of amides is 1. The average molecular weight is 287 g/mol. The molecule has 0 bridgehead atoms. The minimum absolute atomic E-state index is 0.351. The summed E-state index contributed by atoms with van der Waals surface area (Å²) in [7, 11) is 0. The fourth-order valence-corrected chi connectivity index (χ4v) is 2.02. The maximum Gasteiger partial charge on any atom is 0.249 e. The highest BCUT2D eigenvalue weighted by Gasteiger charge is 2.08. The lowest BCUT2D eigenvalue weighted by Gasteiger charge is -2.05. The minimum atomic E-state index is -0.546. The molecule has 2 rings (SSSR count). The van der Waals surface area contributed by atoms with Crippen LogP contribution in [-0.4, -0.2) is 5.91 Å². The van der Waals surface area contributed by atoms with E-state index in [1.165, 1.54) is 24.3 Å². The van der Waals surface area contributed by atoms with Gasteiger partial charge in [0.25, 0.3) is 0 Å². The van der Waals surface area contributed by atoms with Gasteiger partial charge in [0, 0.05) is 11.3 Å². The Morgan fingerprint density at radius 3 is 2.20 bits per heavy atom. The predicted molar refractivity (Wildman–Crippen MR) is 82.6 cm³/mol. The van der Waals surface area contributed by atoms with E-state index in [1.54, 1.807) is 6.08 Å². The molecule has 0 aromatic heterocycles. The first-order valence-electron chi connectivity index (χ1n) is 6.07. The second kappa shape index (κ2) is 6.39. The highest BCUT2D eigenvalue weighted by Crippen LogP contribution is 2.19. The molecule has 2 aromatic carbocycles. The SMILES string of the molecule is NC(=O)/C(=C\c1ccc(CS)cc1)c1ccc(F)cc1. The van der Waals surface area contributed by atoms with Crippen molar-refractivity contribution in [2.75, 3.05) is 0 Å². The Labute approximate surface area is 122 Å². The van der Waals surface area contributed by atoms with E-state index in [4.69, 9.17) is 5.73 Å². The fraction of sp³-hybridized carbons (Fsp3) is 0.0625. The van der Waals surface area contributed by atoms with Crippen LogP contribution >= 0.6 is 12.6 Å². The normalized spacial score (nSPS) is 11.4. The van der Waals surface area contributed by atoms with E-state index >= 15 is 0 Å². The lowest BCUT2D eigenvalue weighted by molar-refractivity contribution is -0.112. The molecule has 2 N–H and O–H groups in total. The van der Waals surface area contributed by atoms with Gasteiger partial charge in [-0.15, -0.1) is 0 Å². The molecule has 0 aliphatic heterocycles. The van der Waals surface area contributed by atoms with Gasteiger partial charge < -0.3 is 5.73 Å². The van der Waals surface area contributed by atoms with Crippen molar-refractivity contribution in [3.05, 3.63) is 71.0 Å². The molecule has 2 aromatic rings. The van der Waals surface area contributed by atoms with Crippen molar-refractivity contribution >= 4 is 30.2 Å². The zero-order valence-electron chi connectivity index (χ0n) is 10.7. The van der Waals surface area contributed by atoms with Crippen molar-refractivity contribution < 1.29 is 9.18 Å². The van der Waals surface area contributed by atoms with Gasteiger partial charge in [0.1, 0.15) is 5.82 Å². The zero-order chi connectivity index (χ0) is 14.5. The number of halogens is 1. The van der Waals surface area contributed by atoms with Gasteiger partial charge in [-0.3, -0.25) is 4.79 Å². The van der Waals surface area contributed by atoms with Gasteiger partial charge in [0.05, 0.1) is 0 Å². The molecule has 0 radical (unpaired) electrons. The molecule has 0 atom stereocenters. The van der Waals surface area contributed by atoms with Crippen molar-refractivity contribution in [3.63, 3.8) is 0 Å². The smallest absolute Gasteiger partial charge is 0.249 e. The quantitative estimate of drug-likeness (QED) is 0.506. The Hall–Kier alpha value is -2.07. The van der Waals surface area contributed by atoms with Gasteiger partial charge in [0.2, 0.25) is 5.91 Å². The van der Waals surface area contributed by atoms with Gasteiger partial charge in [-0.1, -0.05) is 36.4 Å². The third-order valence-electron chi connectivity index (χ3n) is 2.89. The van der Waals surface area contributed by atoms with E-state index in [-0.39, 0.29) is 5.82 Å². The molecule has 102 valence electrons. The summed E-state index contributed by atoms with van der Waals surface area (Å²) in [5.41, 5.74) is 8.29. The van der Waals surface area contributed by atoms with E-state index < -0.39 is 5.91 Å². The lowest BCUT2D eigenvalue weighted by Crippen LogP contribution is -2.12. The number of primary amides is 1. The standard InChI is InChI=1S/C16H14FNOS/c17-14-7-5-13(6-8-14)15(16(18)19)9-11-1-3-12(10-20)4-2-11/h1-9,20H,10H2,(H2,18,19)/b15-9-. The third kappa shape index (κ3) is 3.48. The van der Waals surface area contributed by atoms with Crippen LogP contribution in [0.3, 0.4) is 0 Å². The van der Waals surface area contributed by atoms with Gasteiger partial charge in [0.15, 0.2) is 0 Å². The highest BCUT2D eigenvalue weighted by atomic mass is 32.1. The summed E-state index contributed by atoms with van der Waals surface area (Å²) >= 11 is 4.19. The largest absolute Gasteiger partial charge is 0.366 e. The van der Waals surface area contributed by atoms with Crippen molar-refractivity contribution in [1.29, 1.82) is 0 Å². The van der Waals surface area contributed by atoms with E-state index in [0.717, 1.165) is 11.1 Å². The zero-order valence-corrected chi connectivity index (χ0v) is 11.6. The molecular formula is C16H14FNOS. The average Bonchev–Trinajstić information content (AvgIpc) is 2.46. The van der Waals surface area contributed by atoms with Crippen LogP contribution < -0.4 is 5.73 Å². The van der Waals surface area contributed by atoms with Gasteiger partial charge in [-0.25, -0.2) is 4.39 Å². The molecule has 0 aliphatic rings. The summed E-state index contributed by atoms with van der Waals surface area (Å²) in [6.45, 7) is 0. The van der Waals surface area contributed by atoms with Crippen molar-refractivity contribution in [3.8, 4) is 0 Å². The first-order valence-corrected chi connectivity index (χ1v) is 6.70. The van der Waals surface area contributed by atoms with Crippen LogP contribution in [0.4, 0.5) is 4.39 Å². The number of hydrogen-bond acceptors (Lipinski definition) is 2. The molecule has 0 aliphatic carbocycles. The van der Waals surface area contributed by atoms with Gasteiger partial charge in [-0.05, 0) is 34.9 Å². The molecule has 0 saturated carbocycles. The summed E-state index contributed by atoms with van der Waals surface area (Å²) in [6, 6.07) is 13.3. The molecule has 0 saturated heterocycles. The molecule has 0 heterocycles. The first-order chi connectivity index (χ1) is 9.60. The number of carbonyl (C=O) groups excluding carboxylic acids is 1. The Balaban J connectivity index is 2.39. The van der Waals surface area contributed by atoms with E-state index in [1.807, 2.05) is 24.3 Å². The minimum Gasteiger partial charge on any atom is -0.366 e. The van der Waals surface area contributed by atoms with Crippen molar-refractivity contribution in [2.45, 2.75) is 5.75 Å².